The topological polar surface area (TPSA) is 0 Å². The Balaban J connectivity index is 3.68. The zero-order valence-corrected chi connectivity index (χ0v) is 5.28. The molecular weight excluding hydrogens is 73.9 g/mol. The Kier molecular flexibility index (Phi) is 4.00. The van der Waals surface area contributed by atoms with Crippen molar-refractivity contribution < 1.29 is 0 Å². The molecule has 0 unspecified atom stereocenters. The van der Waals surface area contributed by atoms with Gasteiger partial charge in [0.2, 0.25) is 0 Å². The van der Waals surface area contributed by atoms with Crippen molar-refractivity contribution in [3.8, 4) is 0 Å². The summed E-state index contributed by atoms with van der Waals surface area (Å²) in [6.07, 6.45) is 2.06. The molecule has 0 amide bonds. The summed E-state index contributed by atoms with van der Waals surface area (Å²) in [6, 6.07) is 0. The third-order valence-electron chi connectivity index (χ3n) is 0.535. The van der Waals surface area contributed by atoms with Crippen LogP contribution in [0.1, 0.15) is 6.92 Å². The second kappa shape index (κ2) is 3.65. The molecule has 0 atom stereocenters. The van der Waals surface area contributed by atoms with Crippen LogP contribution in [0.15, 0.2) is 21.1 Å². The minimum atomic E-state index is 1.13. The van der Waals surface area contributed by atoms with E-state index in [0.717, 1.165) is 5.57 Å². The summed E-state index contributed by atoms with van der Waals surface area (Å²) >= 11 is 4.13. The van der Waals surface area contributed by atoms with Crippen molar-refractivity contribution in [3.63, 3.8) is 0 Å². The van der Waals surface area contributed by atoms with Crippen LogP contribution in [0, 0.1) is 0 Å². The summed E-state index contributed by atoms with van der Waals surface area (Å²) in [5.74, 6) is 0. The molecule has 0 nitrogen and oxygen atoms in total. The van der Waals surface area contributed by atoms with E-state index in [-0.39, 0.29) is 0 Å². The van der Waals surface area contributed by atoms with Gasteiger partial charge in [0.15, 0.2) is 0 Å². The second-order valence-electron chi connectivity index (χ2n) is 2.07. The maximum absolute atomic E-state index is 3.72. The Labute approximate surface area is 63.5 Å². The van der Waals surface area contributed by atoms with E-state index in [1.54, 1.807) is 0 Å². The van der Waals surface area contributed by atoms with E-state index in [1.165, 1.54) is 2.92 Å². The van der Waals surface area contributed by atoms with Crippen LogP contribution in [-0.2, 0) is 0 Å². The Bertz CT molecular complexity index is 98.6. The average molecular weight is 80.0 g/mol. The summed E-state index contributed by atoms with van der Waals surface area (Å²) in [7, 11) is 0. The summed E-state index contributed by atoms with van der Waals surface area (Å²) in [5.41, 5.74) is 1.13. The molecule has 0 aliphatic heterocycles. The summed E-state index contributed by atoms with van der Waals surface area (Å²) in [4.78, 5) is 0. The monoisotopic (exact) mass is 80.1 g/mol. The van der Waals surface area contributed by atoms with E-state index < -0.39 is 0 Å². The maximum atomic E-state index is 3.72. The van der Waals surface area contributed by atoms with Gasteiger partial charge in [-0.15, -0.1) is 0 Å². The number of hydrogen-bond donors (Lipinski definition) is 0. The van der Waals surface area contributed by atoms with Crippen LogP contribution < -0.4 is 0 Å². The summed E-state index contributed by atoms with van der Waals surface area (Å²) in [6.45, 7) is 5.71. The van der Waals surface area contributed by atoms with Crippen molar-refractivity contribution in [3.05, 3.63) is 21.1 Å². The Morgan fingerprint density at radius 3 is 2.00 bits per heavy atom. The van der Waals surface area contributed by atoms with Crippen LogP contribution >= 0.6 is 0 Å². The molecule has 0 saturated heterocycles. The molecule has 28 valence electrons. The fourth-order valence-corrected chi connectivity index (χ4v) is 0.493. The average Bonchev–Trinajstić information content (AvgIpc) is 1.27. The van der Waals surface area contributed by atoms with Crippen molar-refractivity contribution >= 4 is 35.4 Å². The van der Waals surface area contributed by atoms with Gasteiger partial charge in [-0.1, -0.05) is 0 Å². The minimum absolute atomic E-state index is 1.13. The second-order valence-corrected chi connectivity index (χ2v) is 2.07. The molecule has 0 heterocycles. The van der Waals surface area contributed by atoms with E-state index in [0.29, 0.717) is 0 Å². The van der Waals surface area contributed by atoms with Crippen LogP contribution in [-0.4, -0.2) is 35.4 Å². The molecule has 7 heavy (non-hydrogen) atoms. The normalized spacial score (nSPS) is 8.14. The van der Waals surface area contributed by atoms with E-state index >= 15 is 0 Å². The first-order chi connectivity index (χ1) is 3.13. The first-order valence-electron chi connectivity index (χ1n) is 2.43. The molecule has 0 aromatic carbocycles. The quantitative estimate of drug-likeness (QED) is 0.322. The van der Waals surface area contributed by atoms with Gasteiger partial charge in [-0.25, -0.2) is 0 Å². The van der Waals surface area contributed by atoms with Crippen LogP contribution in [0.3, 0.4) is 0 Å². The predicted octanol–water partition coefficient (Wildman–Crippen LogP) is 0.741. The third-order valence-corrected chi connectivity index (χ3v) is 0.535. The van der Waals surface area contributed by atoms with Crippen molar-refractivity contribution in [2.45, 2.75) is 6.92 Å². The van der Waals surface area contributed by atoms with Crippen LogP contribution in [0.5, 0.6) is 0 Å². The molecule has 0 saturated carbocycles. The number of allylic oxidation sites excluding steroid dienone is 2. The van der Waals surface area contributed by atoms with Gasteiger partial charge in [0.25, 0.3) is 0 Å². The van der Waals surface area contributed by atoms with Crippen LogP contribution in [0.2, 0.25) is 0 Å². The molecule has 0 aromatic rings. The molecular formula is C5H6Li2. The van der Waals surface area contributed by atoms with Crippen molar-refractivity contribution in [2.75, 3.05) is 0 Å². The van der Waals surface area contributed by atoms with Gasteiger partial charge in [-0.2, -0.15) is 0 Å². The van der Waals surface area contributed by atoms with E-state index in [2.05, 4.69) is 48.1 Å². The van der Waals surface area contributed by atoms with E-state index in [1.807, 2.05) is 6.92 Å². The van der Waals surface area contributed by atoms with Crippen LogP contribution in [0.4, 0.5) is 0 Å². The van der Waals surface area contributed by atoms with E-state index in [4.69, 9.17) is 0 Å². The predicted molar refractivity (Wildman–Crippen MR) is 34.4 cm³/mol. The van der Waals surface area contributed by atoms with Gasteiger partial charge >= 0.3 is 63.5 Å². The third kappa shape index (κ3) is 6.67. The standard InChI is InChI=1S/C5H6.2Li/c1-4-5(2)3;;/h4H,2H2,3H3;;. The molecule has 0 bridgehead atoms. The summed E-state index contributed by atoms with van der Waals surface area (Å²) in [5, 5.41) is 0. The van der Waals surface area contributed by atoms with Gasteiger partial charge < -0.3 is 0 Å². The van der Waals surface area contributed by atoms with Gasteiger partial charge in [0.1, 0.15) is 0 Å². The van der Waals surface area contributed by atoms with Gasteiger partial charge in [-0.05, 0) is 0 Å². The molecule has 0 aliphatic rings. The molecule has 0 aromatic heterocycles. The molecule has 0 N–H and O–H groups in total. The Hall–Kier alpha value is 0.675. The fraction of sp³-hybridized carbons (Fsp3) is 0.200. The first kappa shape index (κ1) is 7.67. The van der Waals surface area contributed by atoms with Crippen molar-refractivity contribution in [1.29, 1.82) is 0 Å². The van der Waals surface area contributed by atoms with Crippen molar-refractivity contribution in [1.82, 2.24) is 0 Å². The molecule has 0 aliphatic carbocycles. The molecule has 0 fully saturated rings. The fourth-order valence-electron chi connectivity index (χ4n) is 0.493. The van der Waals surface area contributed by atoms with Gasteiger partial charge in [0.05, 0.1) is 0 Å². The molecule has 2 heteroatoms. The molecule has 0 rings (SSSR count). The van der Waals surface area contributed by atoms with Crippen molar-refractivity contribution in [2.24, 2.45) is 0 Å². The summed E-state index contributed by atoms with van der Waals surface area (Å²) < 4.78 is 1.31. The molecule has 0 spiro atoms. The molecule has 0 radical (unpaired) electrons. The number of rotatable bonds is 1. The zero-order chi connectivity index (χ0) is 5.86. The van der Waals surface area contributed by atoms with Gasteiger partial charge in [-0.3, -0.25) is 0 Å². The Morgan fingerprint density at radius 1 is 1.57 bits per heavy atom. The SMILES string of the molecule is [Li][C]([Li])=CC(=C)C. The Morgan fingerprint density at radius 2 is 2.00 bits per heavy atom. The first-order valence-corrected chi connectivity index (χ1v) is 2.43. The van der Waals surface area contributed by atoms with Crippen LogP contribution in [0.25, 0.3) is 0 Å². The van der Waals surface area contributed by atoms with E-state index in [9.17, 15) is 0 Å². The number of hydrogen-bond acceptors (Lipinski definition) is 0. The van der Waals surface area contributed by atoms with Gasteiger partial charge in [0, 0.05) is 0 Å². The zero-order valence-electron chi connectivity index (χ0n) is 5.28.